The maximum atomic E-state index is 12.8. The van der Waals surface area contributed by atoms with Gasteiger partial charge in [-0.2, -0.15) is 0 Å². The van der Waals surface area contributed by atoms with E-state index in [0.717, 1.165) is 0 Å². The Labute approximate surface area is 108 Å². The molecule has 0 saturated heterocycles. The largest absolute Gasteiger partial charge is 0.385 e. The Morgan fingerprint density at radius 1 is 1.56 bits per heavy atom. The van der Waals surface area contributed by atoms with Crippen LogP contribution in [0.3, 0.4) is 0 Å². The van der Waals surface area contributed by atoms with Gasteiger partial charge in [0.15, 0.2) is 0 Å². The van der Waals surface area contributed by atoms with Crippen LogP contribution in [0.15, 0.2) is 18.2 Å². The zero-order chi connectivity index (χ0) is 12.0. The molecule has 0 aliphatic rings. The number of rotatable bonds is 5. The van der Waals surface area contributed by atoms with Crippen molar-refractivity contribution in [1.29, 1.82) is 0 Å². The lowest BCUT2D eigenvalue weighted by Crippen LogP contribution is -2.13. The van der Waals surface area contributed by atoms with Crippen molar-refractivity contribution in [3.05, 3.63) is 27.6 Å². The van der Waals surface area contributed by atoms with Gasteiger partial charge in [-0.05, 0) is 47.2 Å². The molecule has 0 fully saturated rings. The highest BCUT2D eigenvalue weighted by Gasteiger charge is 2.05. The van der Waals surface area contributed by atoms with Crippen LogP contribution < -0.4 is 5.32 Å². The molecular formula is C11H13FINO2. The van der Waals surface area contributed by atoms with Crippen LogP contribution in [0.1, 0.15) is 12.8 Å². The Morgan fingerprint density at radius 2 is 2.31 bits per heavy atom. The molecule has 0 saturated carbocycles. The van der Waals surface area contributed by atoms with E-state index in [-0.39, 0.29) is 11.7 Å². The lowest BCUT2D eigenvalue weighted by atomic mass is 10.2. The summed E-state index contributed by atoms with van der Waals surface area (Å²) in [6.07, 6.45) is 1.08. The summed E-state index contributed by atoms with van der Waals surface area (Å²) in [6, 6.07) is 4.27. The van der Waals surface area contributed by atoms with Crippen LogP contribution in [0.2, 0.25) is 0 Å². The molecule has 0 aliphatic heterocycles. The van der Waals surface area contributed by atoms with Gasteiger partial charge >= 0.3 is 0 Å². The van der Waals surface area contributed by atoms with Crippen LogP contribution in [-0.2, 0) is 9.53 Å². The fourth-order valence-electron chi connectivity index (χ4n) is 1.18. The summed E-state index contributed by atoms with van der Waals surface area (Å²) < 4.78 is 18.3. The van der Waals surface area contributed by atoms with Gasteiger partial charge < -0.3 is 10.1 Å². The molecule has 16 heavy (non-hydrogen) atoms. The van der Waals surface area contributed by atoms with Crippen LogP contribution in [0.5, 0.6) is 0 Å². The molecule has 1 N–H and O–H groups in total. The van der Waals surface area contributed by atoms with Crippen LogP contribution in [-0.4, -0.2) is 19.6 Å². The monoisotopic (exact) mass is 337 g/mol. The maximum absolute atomic E-state index is 12.8. The highest BCUT2D eigenvalue weighted by molar-refractivity contribution is 14.1. The molecule has 0 spiro atoms. The molecule has 3 nitrogen and oxygen atoms in total. The van der Waals surface area contributed by atoms with Gasteiger partial charge in [-0.15, -0.1) is 0 Å². The zero-order valence-electron chi connectivity index (χ0n) is 8.93. The van der Waals surface area contributed by atoms with E-state index >= 15 is 0 Å². The summed E-state index contributed by atoms with van der Waals surface area (Å²) in [5, 5.41) is 2.73. The minimum absolute atomic E-state index is 0.0819. The number of hydrogen-bond donors (Lipinski definition) is 1. The van der Waals surface area contributed by atoms with Crippen LogP contribution in [0.25, 0.3) is 0 Å². The van der Waals surface area contributed by atoms with Crippen molar-refractivity contribution in [1.82, 2.24) is 0 Å². The SMILES string of the molecule is COCCCC(=O)Nc1ccc(F)cc1I. The first kappa shape index (κ1) is 13.4. The number of carbonyl (C=O) groups excluding carboxylic acids is 1. The van der Waals surface area contributed by atoms with E-state index in [4.69, 9.17) is 4.74 Å². The van der Waals surface area contributed by atoms with Gasteiger partial charge in [-0.25, -0.2) is 4.39 Å². The van der Waals surface area contributed by atoms with Crippen molar-refractivity contribution in [2.45, 2.75) is 12.8 Å². The van der Waals surface area contributed by atoms with Crippen molar-refractivity contribution in [3.63, 3.8) is 0 Å². The summed E-state index contributed by atoms with van der Waals surface area (Å²) in [7, 11) is 1.60. The Hall–Kier alpha value is -0.690. The highest BCUT2D eigenvalue weighted by Crippen LogP contribution is 2.19. The molecule has 1 amide bonds. The average Bonchev–Trinajstić information content (AvgIpc) is 2.23. The Kier molecular flexibility index (Phi) is 5.68. The highest BCUT2D eigenvalue weighted by atomic mass is 127. The second-order valence-electron chi connectivity index (χ2n) is 3.27. The number of halogens is 2. The summed E-state index contributed by atoms with van der Waals surface area (Å²) in [4.78, 5) is 11.5. The fourth-order valence-corrected chi connectivity index (χ4v) is 1.79. The predicted octanol–water partition coefficient (Wildman–Crippen LogP) is 2.80. The lowest BCUT2D eigenvalue weighted by Gasteiger charge is -2.07. The molecule has 1 aromatic rings. The van der Waals surface area contributed by atoms with E-state index < -0.39 is 0 Å². The van der Waals surface area contributed by atoms with E-state index in [1.807, 2.05) is 22.6 Å². The molecule has 0 unspecified atom stereocenters. The molecule has 1 rings (SSSR count). The predicted molar refractivity (Wildman–Crippen MR) is 68.9 cm³/mol. The summed E-state index contributed by atoms with van der Waals surface area (Å²) in [5.41, 5.74) is 0.643. The van der Waals surface area contributed by atoms with Gasteiger partial charge in [-0.1, -0.05) is 0 Å². The third-order valence-electron chi connectivity index (χ3n) is 1.96. The first-order chi connectivity index (χ1) is 7.63. The second-order valence-corrected chi connectivity index (χ2v) is 4.43. The third-order valence-corrected chi connectivity index (χ3v) is 2.85. The van der Waals surface area contributed by atoms with Crippen molar-refractivity contribution in [2.24, 2.45) is 0 Å². The summed E-state index contributed by atoms with van der Waals surface area (Å²) >= 11 is 1.99. The minimum atomic E-state index is -0.304. The molecule has 5 heteroatoms. The van der Waals surface area contributed by atoms with Crippen molar-refractivity contribution in [2.75, 3.05) is 19.0 Å². The molecular weight excluding hydrogens is 324 g/mol. The number of hydrogen-bond acceptors (Lipinski definition) is 2. The van der Waals surface area contributed by atoms with Crippen molar-refractivity contribution >= 4 is 34.2 Å². The molecule has 88 valence electrons. The number of nitrogens with one attached hydrogen (secondary N) is 1. The van der Waals surface area contributed by atoms with Gasteiger partial charge in [-0.3, -0.25) is 4.79 Å². The number of benzene rings is 1. The Balaban J connectivity index is 2.49. The van der Waals surface area contributed by atoms with Gasteiger partial charge in [0.1, 0.15) is 5.82 Å². The van der Waals surface area contributed by atoms with E-state index in [1.54, 1.807) is 13.2 Å². The first-order valence-electron chi connectivity index (χ1n) is 4.87. The molecule has 0 atom stereocenters. The number of ether oxygens (including phenoxy) is 1. The summed E-state index contributed by atoms with van der Waals surface area (Å²) in [6.45, 7) is 0.563. The summed E-state index contributed by atoms with van der Waals surface area (Å²) in [5.74, 6) is -0.386. The van der Waals surface area contributed by atoms with Gasteiger partial charge in [0.2, 0.25) is 5.91 Å². The van der Waals surface area contributed by atoms with Crippen LogP contribution >= 0.6 is 22.6 Å². The Morgan fingerprint density at radius 3 is 2.94 bits per heavy atom. The standard InChI is InChI=1S/C11H13FINO2/c1-16-6-2-3-11(15)14-10-5-4-8(12)7-9(10)13/h4-5,7H,2-3,6H2,1H3,(H,14,15). The third kappa shape index (κ3) is 4.44. The number of carbonyl (C=O) groups is 1. The second kappa shape index (κ2) is 6.80. The Bertz CT molecular complexity index is 371. The van der Waals surface area contributed by atoms with E-state index in [0.29, 0.717) is 28.7 Å². The van der Waals surface area contributed by atoms with Gasteiger partial charge in [0.05, 0.1) is 5.69 Å². The molecule has 0 radical (unpaired) electrons. The van der Waals surface area contributed by atoms with Crippen molar-refractivity contribution < 1.29 is 13.9 Å². The number of amides is 1. The molecule has 0 heterocycles. The number of anilines is 1. The maximum Gasteiger partial charge on any atom is 0.224 e. The zero-order valence-corrected chi connectivity index (χ0v) is 11.1. The topological polar surface area (TPSA) is 38.3 Å². The van der Waals surface area contributed by atoms with E-state index in [2.05, 4.69) is 5.32 Å². The molecule has 0 aliphatic carbocycles. The fraction of sp³-hybridized carbons (Fsp3) is 0.364. The molecule has 0 bridgehead atoms. The average molecular weight is 337 g/mol. The quantitative estimate of drug-likeness (QED) is 0.663. The minimum Gasteiger partial charge on any atom is -0.385 e. The molecule has 0 aromatic heterocycles. The van der Waals surface area contributed by atoms with Crippen molar-refractivity contribution in [3.8, 4) is 0 Å². The van der Waals surface area contributed by atoms with E-state index in [1.165, 1.54) is 12.1 Å². The van der Waals surface area contributed by atoms with Gasteiger partial charge in [0.25, 0.3) is 0 Å². The normalized spacial score (nSPS) is 10.2. The van der Waals surface area contributed by atoms with Crippen LogP contribution in [0.4, 0.5) is 10.1 Å². The first-order valence-corrected chi connectivity index (χ1v) is 5.95. The van der Waals surface area contributed by atoms with Crippen LogP contribution in [0, 0.1) is 9.39 Å². The number of methoxy groups -OCH3 is 1. The van der Waals surface area contributed by atoms with Gasteiger partial charge in [0, 0.05) is 23.7 Å². The molecule has 1 aromatic carbocycles. The van der Waals surface area contributed by atoms with E-state index in [9.17, 15) is 9.18 Å². The lowest BCUT2D eigenvalue weighted by molar-refractivity contribution is -0.116. The smallest absolute Gasteiger partial charge is 0.224 e.